The van der Waals surface area contributed by atoms with E-state index >= 15 is 0 Å². The Kier molecular flexibility index (Phi) is 9.65. The fourth-order valence-corrected chi connectivity index (χ4v) is 1.59. The van der Waals surface area contributed by atoms with Crippen LogP contribution in [0.2, 0.25) is 0 Å². The van der Waals surface area contributed by atoms with Crippen LogP contribution in [0.3, 0.4) is 0 Å². The molecule has 0 saturated heterocycles. The van der Waals surface area contributed by atoms with Gasteiger partial charge in [0.1, 0.15) is 0 Å². The minimum Gasteiger partial charge on any atom is -0.461 e. The molecule has 0 bridgehead atoms. The van der Waals surface area contributed by atoms with Crippen molar-refractivity contribution in [2.45, 2.75) is 70.6 Å². The maximum absolute atomic E-state index is 12.7. The SMILES string of the molecule is CCCCCCCCCCOC(=O)C(O)(F)C(F)F. The molecule has 0 aromatic heterocycles. The van der Waals surface area contributed by atoms with E-state index in [-0.39, 0.29) is 6.61 Å². The van der Waals surface area contributed by atoms with Gasteiger partial charge in [0.25, 0.3) is 0 Å². The molecule has 1 unspecified atom stereocenters. The zero-order valence-corrected chi connectivity index (χ0v) is 11.3. The van der Waals surface area contributed by atoms with Crippen LogP contribution < -0.4 is 0 Å². The van der Waals surface area contributed by atoms with Gasteiger partial charge in [-0.2, -0.15) is 4.39 Å². The third-order valence-electron chi connectivity index (χ3n) is 2.81. The van der Waals surface area contributed by atoms with Gasteiger partial charge in [0.2, 0.25) is 0 Å². The molecule has 0 fully saturated rings. The number of alkyl halides is 3. The van der Waals surface area contributed by atoms with Crippen LogP contribution in [-0.4, -0.2) is 30.0 Å². The molecular weight excluding hydrogens is 261 g/mol. The minimum absolute atomic E-state index is 0.146. The van der Waals surface area contributed by atoms with E-state index in [9.17, 15) is 18.0 Å². The fraction of sp³-hybridized carbons (Fsp3) is 0.923. The number of carbonyl (C=O) groups is 1. The van der Waals surface area contributed by atoms with Gasteiger partial charge in [0, 0.05) is 0 Å². The molecule has 1 atom stereocenters. The van der Waals surface area contributed by atoms with Gasteiger partial charge in [-0.1, -0.05) is 51.9 Å². The first-order valence-corrected chi connectivity index (χ1v) is 6.79. The molecular formula is C13H23F3O3. The molecule has 0 aliphatic carbocycles. The number of unbranched alkanes of at least 4 members (excludes halogenated alkanes) is 7. The normalized spacial score (nSPS) is 14.4. The van der Waals surface area contributed by atoms with Gasteiger partial charge in [-0.05, 0) is 6.42 Å². The number of halogens is 3. The number of aliphatic hydroxyl groups is 1. The molecule has 0 aliphatic heterocycles. The maximum atomic E-state index is 12.7. The van der Waals surface area contributed by atoms with Gasteiger partial charge in [-0.25, -0.2) is 13.6 Å². The number of ether oxygens (including phenoxy) is 1. The highest BCUT2D eigenvalue weighted by atomic mass is 19.3. The predicted octanol–water partition coefficient (Wildman–Crippen LogP) is 3.59. The van der Waals surface area contributed by atoms with Gasteiger partial charge < -0.3 is 9.84 Å². The quantitative estimate of drug-likeness (QED) is 0.466. The van der Waals surface area contributed by atoms with Gasteiger partial charge in [-0.15, -0.1) is 0 Å². The van der Waals surface area contributed by atoms with Crippen LogP contribution in [0.1, 0.15) is 58.3 Å². The Hall–Kier alpha value is -0.780. The zero-order valence-electron chi connectivity index (χ0n) is 11.3. The minimum atomic E-state index is -4.19. The van der Waals surface area contributed by atoms with E-state index in [1.807, 2.05) is 0 Å². The fourth-order valence-electron chi connectivity index (χ4n) is 1.59. The lowest BCUT2D eigenvalue weighted by molar-refractivity contribution is -0.218. The highest BCUT2D eigenvalue weighted by Gasteiger charge is 2.48. The molecule has 114 valence electrons. The molecule has 0 aromatic rings. The third-order valence-corrected chi connectivity index (χ3v) is 2.81. The standard InChI is InChI=1S/C13H23F3O3/c1-2-3-4-5-6-7-8-9-10-19-12(17)13(16,18)11(14)15/h11,18H,2-10H2,1H3. The summed E-state index contributed by atoms with van der Waals surface area (Å²) < 4.78 is 40.8. The summed E-state index contributed by atoms with van der Waals surface area (Å²) in [6.45, 7) is 1.99. The number of esters is 1. The molecule has 0 saturated carbocycles. The highest BCUT2D eigenvalue weighted by Crippen LogP contribution is 2.19. The van der Waals surface area contributed by atoms with Crippen molar-refractivity contribution in [3.8, 4) is 0 Å². The Balaban J connectivity index is 3.47. The molecule has 19 heavy (non-hydrogen) atoms. The van der Waals surface area contributed by atoms with Crippen molar-refractivity contribution in [3.63, 3.8) is 0 Å². The van der Waals surface area contributed by atoms with E-state index in [1.165, 1.54) is 19.3 Å². The van der Waals surface area contributed by atoms with Crippen molar-refractivity contribution in [2.24, 2.45) is 0 Å². The lowest BCUT2D eigenvalue weighted by Gasteiger charge is -2.15. The van der Waals surface area contributed by atoms with Crippen molar-refractivity contribution < 1.29 is 27.8 Å². The topological polar surface area (TPSA) is 46.5 Å². The maximum Gasteiger partial charge on any atom is 0.378 e. The summed E-state index contributed by atoms with van der Waals surface area (Å²) in [6, 6.07) is 0. The molecule has 0 aliphatic rings. The third kappa shape index (κ3) is 8.08. The zero-order chi connectivity index (χ0) is 14.7. The second kappa shape index (κ2) is 10.1. The molecule has 0 spiro atoms. The Labute approximate surface area is 112 Å². The summed E-state index contributed by atoms with van der Waals surface area (Å²) in [4.78, 5) is 10.8. The molecule has 0 radical (unpaired) electrons. The van der Waals surface area contributed by atoms with Crippen LogP contribution in [0.4, 0.5) is 13.2 Å². The second-order valence-corrected chi connectivity index (χ2v) is 4.58. The van der Waals surface area contributed by atoms with Gasteiger partial charge in [0.15, 0.2) is 0 Å². The molecule has 3 nitrogen and oxygen atoms in total. The van der Waals surface area contributed by atoms with Crippen molar-refractivity contribution in [1.82, 2.24) is 0 Å². The average Bonchev–Trinajstić information content (AvgIpc) is 2.36. The summed E-state index contributed by atoms with van der Waals surface area (Å²) in [6.07, 6.45) is 4.30. The monoisotopic (exact) mass is 284 g/mol. The Morgan fingerprint density at radius 3 is 2.05 bits per heavy atom. The average molecular weight is 284 g/mol. The van der Waals surface area contributed by atoms with Crippen LogP contribution in [0, 0.1) is 0 Å². The van der Waals surface area contributed by atoms with E-state index in [1.54, 1.807) is 0 Å². The van der Waals surface area contributed by atoms with E-state index in [0.29, 0.717) is 6.42 Å². The van der Waals surface area contributed by atoms with Crippen molar-refractivity contribution in [3.05, 3.63) is 0 Å². The van der Waals surface area contributed by atoms with Crippen LogP contribution >= 0.6 is 0 Å². The van der Waals surface area contributed by atoms with Crippen LogP contribution in [0.15, 0.2) is 0 Å². The van der Waals surface area contributed by atoms with Gasteiger partial charge >= 0.3 is 18.2 Å². The summed E-state index contributed by atoms with van der Waals surface area (Å²) in [5.41, 5.74) is 0. The van der Waals surface area contributed by atoms with Gasteiger partial charge in [-0.3, -0.25) is 0 Å². The number of hydrogen-bond donors (Lipinski definition) is 1. The number of hydrogen-bond acceptors (Lipinski definition) is 3. The smallest absolute Gasteiger partial charge is 0.378 e. The largest absolute Gasteiger partial charge is 0.461 e. The predicted molar refractivity (Wildman–Crippen MR) is 65.6 cm³/mol. The van der Waals surface area contributed by atoms with E-state index in [4.69, 9.17) is 5.11 Å². The Morgan fingerprint density at radius 1 is 1.11 bits per heavy atom. The van der Waals surface area contributed by atoms with Crippen LogP contribution in [0.5, 0.6) is 0 Å². The first-order valence-electron chi connectivity index (χ1n) is 6.79. The highest BCUT2D eigenvalue weighted by molar-refractivity contribution is 5.77. The van der Waals surface area contributed by atoms with E-state index in [0.717, 1.165) is 25.7 Å². The van der Waals surface area contributed by atoms with Crippen LogP contribution in [-0.2, 0) is 9.53 Å². The molecule has 0 rings (SSSR count). The van der Waals surface area contributed by atoms with E-state index < -0.39 is 18.2 Å². The van der Waals surface area contributed by atoms with Gasteiger partial charge in [0.05, 0.1) is 6.61 Å². The summed E-state index contributed by atoms with van der Waals surface area (Å²) in [7, 11) is 0. The van der Waals surface area contributed by atoms with Crippen molar-refractivity contribution >= 4 is 5.97 Å². The summed E-state index contributed by atoms with van der Waals surface area (Å²) in [5.74, 6) is -6.11. The second-order valence-electron chi connectivity index (χ2n) is 4.58. The molecule has 6 heteroatoms. The Bertz CT molecular complexity index is 245. The van der Waals surface area contributed by atoms with Crippen LogP contribution in [0.25, 0.3) is 0 Å². The molecule has 0 amide bonds. The Morgan fingerprint density at radius 2 is 1.58 bits per heavy atom. The molecule has 0 aromatic carbocycles. The first-order chi connectivity index (χ1) is 8.92. The number of rotatable bonds is 11. The summed E-state index contributed by atoms with van der Waals surface area (Å²) in [5, 5.41) is 8.49. The number of carbonyl (C=O) groups excluding carboxylic acids is 1. The van der Waals surface area contributed by atoms with E-state index in [2.05, 4.69) is 11.7 Å². The van der Waals surface area contributed by atoms with Crippen molar-refractivity contribution in [1.29, 1.82) is 0 Å². The summed E-state index contributed by atoms with van der Waals surface area (Å²) >= 11 is 0. The lowest BCUT2D eigenvalue weighted by Crippen LogP contribution is -2.42. The first kappa shape index (κ1) is 18.2. The molecule has 0 heterocycles. The lowest BCUT2D eigenvalue weighted by atomic mass is 10.1. The molecule has 1 N–H and O–H groups in total. The van der Waals surface area contributed by atoms with Crippen molar-refractivity contribution in [2.75, 3.05) is 6.61 Å².